The van der Waals surface area contributed by atoms with Gasteiger partial charge in [0.2, 0.25) is 0 Å². The minimum atomic E-state index is -0.761. The summed E-state index contributed by atoms with van der Waals surface area (Å²) in [6.07, 6.45) is 6.35. The zero-order valence-electron chi connectivity index (χ0n) is 11.7. The van der Waals surface area contributed by atoms with E-state index in [2.05, 4.69) is 33.2 Å². The van der Waals surface area contributed by atoms with Crippen molar-refractivity contribution in [2.45, 2.75) is 44.6 Å². The topological polar surface area (TPSA) is 62.2 Å². The average Bonchev–Trinajstić information content (AvgIpc) is 2.46. The summed E-state index contributed by atoms with van der Waals surface area (Å²) in [6.45, 7) is 2.49. The highest BCUT2D eigenvalue weighted by atomic mass is 79.9. The van der Waals surface area contributed by atoms with Crippen molar-refractivity contribution >= 4 is 21.8 Å². The molecule has 1 aliphatic rings. The van der Waals surface area contributed by atoms with Gasteiger partial charge in [0.05, 0.1) is 5.60 Å². The molecule has 5 heteroatoms. The Morgan fingerprint density at radius 1 is 1.55 bits per heavy atom. The quantitative estimate of drug-likeness (QED) is 0.885. The fraction of sp³-hybridized carbons (Fsp3) is 0.600. The molecule has 20 heavy (non-hydrogen) atoms. The smallest absolute Gasteiger partial charge is 0.271 e. The van der Waals surface area contributed by atoms with Gasteiger partial charge in [-0.1, -0.05) is 13.3 Å². The minimum Gasteiger partial charge on any atom is -0.388 e. The maximum atomic E-state index is 12.1. The van der Waals surface area contributed by atoms with Crippen LogP contribution in [0, 0.1) is 5.92 Å². The SMILES string of the molecule is CCC1CCC(O)(CNC(=O)c2ncccc2Br)CC1. The van der Waals surface area contributed by atoms with E-state index in [0.717, 1.165) is 31.6 Å². The molecule has 0 aliphatic heterocycles. The molecule has 1 aromatic heterocycles. The van der Waals surface area contributed by atoms with Crippen molar-refractivity contribution in [3.05, 3.63) is 28.5 Å². The molecule has 1 fully saturated rings. The Morgan fingerprint density at radius 2 is 2.25 bits per heavy atom. The van der Waals surface area contributed by atoms with Crippen molar-refractivity contribution in [3.8, 4) is 0 Å². The summed E-state index contributed by atoms with van der Waals surface area (Å²) >= 11 is 3.31. The third-order valence-corrected chi connectivity index (χ3v) is 4.80. The van der Waals surface area contributed by atoms with Gasteiger partial charge in [0.1, 0.15) is 5.69 Å². The second-order valence-corrected chi connectivity index (χ2v) is 6.45. The number of aliphatic hydroxyl groups is 1. The van der Waals surface area contributed by atoms with Crippen LogP contribution >= 0.6 is 15.9 Å². The van der Waals surface area contributed by atoms with E-state index in [9.17, 15) is 9.90 Å². The van der Waals surface area contributed by atoms with Crippen LogP contribution in [-0.4, -0.2) is 28.1 Å². The van der Waals surface area contributed by atoms with E-state index in [4.69, 9.17) is 0 Å². The predicted octanol–water partition coefficient (Wildman–Crippen LogP) is 2.91. The molecule has 110 valence electrons. The Hall–Kier alpha value is -0.940. The lowest BCUT2D eigenvalue weighted by molar-refractivity contribution is -0.00790. The Balaban J connectivity index is 1.89. The van der Waals surface area contributed by atoms with Crippen LogP contribution in [0.2, 0.25) is 0 Å². The summed E-state index contributed by atoms with van der Waals surface area (Å²) < 4.78 is 0.666. The number of hydrogen-bond donors (Lipinski definition) is 2. The summed E-state index contributed by atoms with van der Waals surface area (Å²) in [5, 5.41) is 13.3. The predicted molar refractivity (Wildman–Crippen MR) is 81.5 cm³/mol. The van der Waals surface area contributed by atoms with Crippen molar-refractivity contribution in [3.63, 3.8) is 0 Å². The monoisotopic (exact) mass is 340 g/mol. The molecule has 0 aromatic carbocycles. The van der Waals surface area contributed by atoms with Gasteiger partial charge in [-0.15, -0.1) is 0 Å². The van der Waals surface area contributed by atoms with Gasteiger partial charge in [-0.3, -0.25) is 4.79 Å². The number of aromatic nitrogens is 1. The zero-order valence-corrected chi connectivity index (χ0v) is 13.3. The number of hydrogen-bond acceptors (Lipinski definition) is 3. The molecular formula is C15H21BrN2O2. The second-order valence-electron chi connectivity index (χ2n) is 5.59. The number of nitrogens with one attached hydrogen (secondary N) is 1. The minimum absolute atomic E-state index is 0.247. The molecule has 4 nitrogen and oxygen atoms in total. The Morgan fingerprint density at radius 3 is 2.85 bits per heavy atom. The molecule has 1 aliphatic carbocycles. The largest absolute Gasteiger partial charge is 0.388 e. The molecule has 0 atom stereocenters. The average molecular weight is 341 g/mol. The Bertz CT molecular complexity index is 471. The van der Waals surface area contributed by atoms with E-state index in [1.54, 1.807) is 18.3 Å². The molecule has 1 amide bonds. The standard InChI is InChI=1S/C15H21BrN2O2/c1-2-11-5-7-15(20,8-6-11)10-18-14(19)13-12(16)4-3-9-17-13/h3-4,9,11,20H,2,5-8,10H2,1H3,(H,18,19). The van der Waals surface area contributed by atoms with Crippen LogP contribution in [0.3, 0.4) is 0 Å². The Labute approximate surface area is 128 Å². The number of pyridine rings is 1. The van der Waals surface area contributed by atoms with Crippen LogP contribution in [0.5, 0.6) is 0 Å². The van der Waals surface area contributed by atoms with Crippen molar-refractivity contribution in [2.24, 2.45) is 5.92 Å². The van der Waals surface area contributed by atoms with Gasteiger partial charge in [0.15, 0.2) is 0 Å². The van der Waals surface area contributed by atoms with E-state index in [-0.39, 0.29) is 5.91 Å². The van der Waals surface area contributed by atoms with Crippen molar-refractivity contribution < 1.29 is 9.90 Å². The van der Waals surface area contributed by atoms with Crippen molar-refractivity contribution in [1.82, 2.24) is 10.3 Å². The number of rotatable bonds is 4. The van der Waals surface area contributed by atoms with Crippen LogP contribution in [0.15, 0.2) is 22.8 Å². The zero-order chi connectivity index (χ0) is 14.6. The lowest BCUT2D eigenvalue weighted by atomic mass is 9.78. The molecule has 0 unspecified atom stereocenters. The molecule has 2 N–H and O–H groups in total. The van der Waals surface area contributed by atoms with E-state index in [0.29, 0.717) is 16.7 Å². The van der Waals surface area contributed by atoms with Gasteiger partial charge in [0.25, 0.3) is 5.91 Å². The van der Waals surface area contributed by atoms with Crippen LogP contribution in [-0.2, 0) is 0 Å². The first kappa shape index (κ1) is 15.4. The number of halogens is 1. The van der Waals surface area contributed by atoms with E-state index in [1.165, 1.54) is 6.42 Å². The summed E-state index contributed by atoms with van der Waals surface area (Å²) in [7, 11) is 0. The molecule has 0 spiro atoms. The highest BCUT2D eigenvalue weighted by Crippen LogP contribution is 2.33. The van der Waals surface area contributed by atoms with E-state index in [1.807, 2.05) is 0 Å². The van der Waals surface area contributed by atoms with Crippen LogP contribution < -0.4 is 5.32 Å². The fourth-order valence-electron chi connectivity index (χ4n) is 2.68. The number of nitrogens with zero attached hydrogens (tertiary/aromatic N) is 1. The van der Waals surface area contributed by atoms with Crippen LogP contribution in [0.25, 0.3) is 0 Å². The van der Waals surface area contributed by atoms with Crippen LogP contribution in [0.4, 0.5) is 0 Å². The maximum absolute atomic E-state index is 12.1. The Kier molecular flexibility index (Phi) is 5.16. The van der Waals surface area contributed by atoms with Crippen molar-refractivity contribution in [2.75, 3.05) is 6.54 Å². The maximum Gasteiger partial charge on any atom is 0.271 e. The summed E-state index contributed by atoms with van der Waals surface area (Å²) in [6, 6.07) is 3.55. The summed E-state index contributed by atoms with van der Waals surface area (Å²) in [5.74, 6) is 0.472. The normalized spacial score (nSPS) is 26.2. The van der Waals surface area contributed by atoms with Gasteiger partial charge in [0, 0.05) is 17.2 Å². The molecular weight excluding hydrogens is 320 g/mol. The molecule has 1 aromatic rings. The highest BCUT2D eigenvalue weighted by Gasteiger charge is 2.33. The van der Waals surface area contributed by atoms with Gasteiger partial charge >= 0.3 is 0 Å². The third kappa shape index (κ3) is 3.79. The first-order valence-corrected chi connectivity index (χ1v) is 7.94. The number of carbonyl (C=O) groups is 1. The molecule has 0 bridgehead atoms. The molecule has 1 heterocycles. The fourth-order valence-corrected chi connectivity index (χ4v) is 3.12. The first-order chi connectivity index (χ1) is 9.54. The molecule has 1 saturated carbocycles. The van der Waals surface area contributed by atoms with Crippen molar-refractivity contribution in [1.29, 1.82) is 0 Å². The third-order valence-electron chi connectivity index (χ3n) is 4.16. The van der Waals surface area contributed by atoms with Gasteiger partial charge in [-0.2, -0.15) is 0 Å². The summed E-state index contributed by atoms with van der Waals surface area (Å²) in [5.41, 5.74) is -0.402. The lowest BCUT2D eigenvalue weighted by Crippen LogP contribution is -2.45. The van der Waals surface area contributed by atoms with E-state index < -0.39 is 5.60 Å². The number of carbonyl (C=O) groups excluding carboxylic acids is 1. The second kappa shape index (κ2) is 6.68. The van der Waals surface area contributed by atoms with Gasteiger partial charge < -0.3 is 10.4 Å². The molecule has 0 saturated heterocycles. The lowest BCUT2D eigenvalue weighted by Gasteiger charge is -2.35. The van der Waals surface area contributed by atoms with E-state index >= 15 is 0 Å². The van der Waals surface area contributed by atoms with Gasteiger partial charge in [-0.25, -0.2) is 4.98 Å². The molecule has 0 radical (unpaired) electrons. The highest BCUT2D eigenvalue weighted by molar-refractivity contribution is 9.10. The molecule has 2 rings (SSSR count). The van der Waals surface area contributed by atoms with Crippen LogP contribution in [0.1, 0.15) is 49.5 Å². The number of amides is 1. The van der Waals surface area contributed by atoms with Gasteiger partial charge in [-0.05, 0) is 59.7 Å². The first-order valence-electron chi connectivity index (χ1n) is 7.15. The summed E-state index contributed by atoms with van der Waals surface area (Å²) in [4.78, 5) is 16.1.